The third kappa shape index (κ3) is 4.05. The second-order valence-electron chi connectivity index (χ2n) is 5.98. The topological polar surface area (TPSA) is 83.5 Å². The van der Waals surface area contributed by atoms with Gasteiger partial charge in [0.15, 0.2) is 5.82 Å². The third-order valence-electron chi connectivity index (χ3n) is 3.49. The number of carbonyl (C=O) groups is 1. The number of carboxylic acids is 1. The van der Waals surface area contributed by atoms with E-state index in [4.69, 9.17) is 5.11 Å². The number of carboxylic acid groups (broad SMARTS) is 1. The highest BCUT2D eigenvalue weighted by atomic mass is 32.2. The van der Waals surface area contributed by atoms with Crippen LogP contribution in [-0.4, -0.2) is 25.0 Å². The lowest BCUT2D eigenvalue weighted by molar-refractivity contribution is -0.137. The first-order chi connectivity index (χ1) is 10.6. The maximum Gasteiger partial charge on any atom is 0.303 e. The summed E-state index contributed by atoms with van der Waals surface area (Å²) < 4.78 is 41.8. The van der Waals surface area contributed by atoms with E-state index >= 15 is 0 Å². The highest BCUT2D eigenvalue weighted by Gasteiger charge is 2.29. The molecule has 0 aromatic heterocycles. The van der Waals surface area contributed by atoms with Crippen LogP contribution in [0.15, 0.2) is 41.3 Å². The summed E-state index contributed by atoms with van der Waals surface area (Å²) in [4.78, 5) is 10.2. The lowest BCUT2D eigenvalue weighted by Gasteiger charge is -2.25. The van der Waals surface area contributed by atoms with Crippen LogP contribution in [0.1, 0.15) is 26.7 Å². The van der Waals surface area contributed by atoms with Crippen LogP contribution < -0.4 is 4.72 Å². The summed E-state index contributed by atoms with van der Waals surface area (Å²) in [5.41, 5.74) is -1.00. The van der Waals surface area contributed by atoms with Crippen LogP contribution in [0.3, 0.4) is 0 Å². The Morgan fingerprint density at radius 1 is 1.22 bits per heavy atom. The first kappa shape index (κ1) is 17.4. The minimum atomic E-state index is -4.11. The van der Waals surface area contributed by atoms with Crippen molar-refractivity contribution < 1.29 is 22.7 Å². The van der Waals surface area contributed by atoms with Gasteiger partial charge in [0.2, 0.25) is 10.0 Å². The second kappa shape index (κ2) is 6.25. The Bertz CT molecular complexity index is 846. The number of rotatable bonds is 6. The predicted octanol–water partition coefficient (Wildman–Crippen LogP) is 2.90. The lowest BCUT2D eigenvalue weighted by Crippen LogP contribution is -2.43. The van der Waals surface area contributed by atoms with E-state index in [1.54, 1.807) is 32.0 Å². The Balaban J connectivity index is 2.36. The molecule has 0 atom stereocenters. The molecule has 2 rings (SSSR count). The molecule has 2 aromatic rings. The molecule has 0 spiro atoms. The average Bonchev–Trinajstić information content (AvgIpc) is 2.44. The van der Waals surface area contributed by atoms with Gasteiger partial charge >= 0.3 is 5.97 Å². The van der Waals surface area contributed by atoms with Crippen molar-refractivity contribution in [3.8, 4) is 0 Å². The number of sulfonamides is 1. The number of hydrogen-bond donors (Lipinski definition) is 2. The van der Waals surface area contributed by atoms with Gasteiger partial charge < -0.3 is 5.11 Å². The molecule has 0 unspecified atom stereocenters. The lowest BCUT2D eigenvalue weighted by atomic mass is 10.0. The summed E-state index contributed by atoms with van der Waals surface area (Å²) in [7, 11) is -4.11. The molecule has 2 aromatic carbocycles. The quantitative estimate of drug-likeness (QED) is 0.847. The van der Waals surface area contributed by atoms with Gasteiger partial charge in [-0.1, -0.05) is 30.3 Å². The van der Waals surface area contributed by atoms with E-state index in [0.29, 0.717) is 5.39 Å². The first-order valence-electron chi connectivity index (χ1n) is 7.05. The molecule has 0 aliphatic rings. The van der Waals surface area contributed by atoms with Gasteiger partial charge in [0.05, 0.1) is 0 Å². The summed E-state index contributed by atoms with van der Waals surface area (Å²) in [6.45, 7) is 3.12. The smallest absolute Gasteiger partial charge is 0.303 e. The zero-order valence-electron chi connectivity index (χ0n) is 12.8. The number of halogens is 1. The van der Waals surface area contributed by atoms with Gasteiger partial charge in [-0.25, -0.2) is 17.5 Å². The number of benzene rings is 2. The Labute approximate surface area is 134 Å². The molecular formula is C16H18FNO4S. The van der Waals surface area contributed by atoms with E-state index in [9.17, 15) is 17.6 Å². The number of hydrogen-bond acceptors (Lipinski definition) is 3. The summed E-state index contributed by atoms with van der Waals surface area (Å²) in [6.07, 6.45) is -0.0908. The molecule has 23 heavy (non-hydrogen) atoms. The molecule has 0 aliphatic carbocycles. The largest absolute Gasteiger partial charge is 0.481 e. The van der Waals surface area contributed by atoms with Crippen LogP contribution in [0.2, 0.25) is 0 Å². The van der Waals surface area contributed by atoms with Gasteiger partial charge in [0.1, 0.15) is 4.90 Å². The van der Waals surface area contributed by atoms with Gasteiger partial charge in [-0.3, -0.25) is 4.79 Å². The SMILES string of the molecule is CC(C)(CCC(=O)O)NS(=O)(=O)c1ccc2ccccc2c1F. The van der Waals surface area contributed by atoms with Crippen LogP contribution in [0, 0.1) is 5.82 Å². The maximum atomic E-state index is 14.5. The van der Waals surface area contributed by atoms with E-state index in [1.807, 2.05) is 0 Å². The highest BCUT2D eigenvalue weighted by molar-refractivity contribution is 7.89. The van der Waals surface area contributed by atoms with Gasteiger partial charge in [-0.2, -0.15) is 0 Å². The fraction of sp³-hybridized carbons (Fsp3) is 0.312. The van der Waals surface area contributed by atoms with Gasteiger partial charge in [-0.05, 0) is 31.7 Å². The van der Waals surface area contributed by atoms with E-state index in [-0.39, 0.29) is 18.2 Å². The second-order valence-corrected chi connectivity index (χ2v) is 7.63. The summed E-state index contributed by atoms with van der Waals surface area (Å²) in [5.74, 6) is -1.83. The van der Waals surface area contributed by atoms with Crippen LogP contribution in [-0.2, 0) is 14.8 Å². The molecule has 7 heteroatoms. The standard InChI is InChI=1S/C16H18FNO4S/c1-16(2,10-9-14(19)20)18-23(21,22)13-8-7-11-5-3-4-6-12(11)15(13)17/h3-8,18H,9-10H2,1-2H3,(H,19,20). The van der Waals surface area contributed by atoms with Crippen molar-refractivity contribution in [2.45, 2.75) is 37.1 Å². The highest BCUT2D eigenvalue weighted by Crippen LogP contribution is 2.25. The molecule has 0 radical (unpaired) electrons. The molecule has 0 saturated heterocycles. The minimum Gasteiger partial charge on any atom is -0.481 e. The molecule has 0 bridgehead atoms. The van der Waals surface area contributed by atoms with Crippen molar-refractivity contribution in [1.29, 1.82) is 0 Å². The molecule has 0 amide bonds. The van der Waals surface area contributed by atoms with Crippen molar-refractivity contribution >= 4 is 26.8 Å². The van der Waals surface area contributed by atoms with Crippen molar-refractivity contribution in [2.24, 2.45) is 0 Å². The Hall–Kier alpha value is -1.99. The molecule has 5 nitrogen and oxygen atoms in total. The monoisotopic (exact) mass is 339 g/mol. The Morgan fingerprint density at radius 3 is 2.52 bits per heavy atom. The van der Waals surface area contributed by atoms with E-state index in [1.165, 1.54) is 18.2 Å². The third-order valence-corrected chi connectivity index (χ3v) is 5.21. The molecule has 2 N–H and O–H groups in total. The average molecular weight is 339 g/mol. The van der Waals surface area contributed by atoms with Crippen LogP contribution in [0.5, 0.6) is 0 Å². The van der Waals surface area contributed by atoms with Crippen molar-refractivity contribution in [1.82, 2.24) is 4.72 Å². The van der Waals surface area contributed by atoms with Crippen molar-refractivity contribution in [2.75, 3.05) is 0 Å². The van der Waals surface area contributed by atoms with Crippen molar-refractivity contribution in [3.05, 3.63) is 42.2 Å². The first-order valence-corrected chi connectivity index (χ1v) is 8.54. The molecule has 0 aliphatic heterocycles. The molecule has 0 fully saturated rings. The Morgan fingerprint density at radius 2 is 1.87 bits per heavy atom. The molecule has 124 valence electrons. The Kier molecular flexibility index (Phi) is 4.72. The van der Waals surface area contributed by atoms with Gasteiger partial charge in [0.25, 0.3) is 0 Å². The van der Waals surface area contributed by atoms with Crippen molar-refractivity contribution in [3.63, 3.8) is 0 Å². The minimum absolute atomic E-state index is 0.0940. The molecule has 0 saturated carbocycles. The summed E-state index contributed by atoms with van der Waals surface area (Å²) >= 11 is 0. The summed E-state index contributed by atoms with van der Waals surface area (Å²) in [6, 6.07) is 9.33. The van der Waals surface area contributed by atoms with E-state index < -0.39 is 32.2 Å². The number of fused-ring (bicyclic) bond motifs is 1. The van der Waals surface area contributed by atoms with Crippen LogP contribution >= 0.6 is 0 Å². The van der Waals surface area contributed by atoms with Crippen LogP contribution in [0.4, 0.5) is 4.39 Å². The predicted molar refractivity (Wildman–Crippen MR) is 85.2 cm³/mol. The number of nitrogens with one attached hydrogen (secondary N) is 1. The fourth-order valence-corrected chi connectivity index (χ4v) is 3.84. The fourth-order valence-electron chi connectivity index (χ4n) is 2.31. The molecular weight excluding hydrogens is 321 g/mol. The van der Waals surface area contributed by atoms with Crippen LogP contribution in [0.25, 0.3) is 10.8 Å². The van der Waals surface area contributed by atoms with E-state index in [0.717, 1.165) is 0 Å². The number of aliphatic carboxylic acids is 1. The van der Waals surface area contributed by atoms with E-state index in [2.05, 4.69) is 4.72 Å². The normalized spacial score (nSPS) is 12.5. The zero-order chi connectivity index (χ0) is 17.3. The maximum absolute atomic E-state index is 14.5. The summed E-state index contributed by atoms with van der Waals surface area (Å²) in [5, 5.41) is 9.54. The van der Waals surface area contributed by atoms with Gasteiger partial charge in [-0.15, -0.1) is 0 Å². The van der Waals surface area contributed by atoms with Gasteiger partial charge in [0, 0.05) is 17.3 Å². The zero-order valence-corrected chi connectivity index (χ0v) is 13.7. The molecule has 0 heterocycles.